The van der Waals surface area contributed by atoms with Gasteiger partial charge in [-0.05, 0) is 66.7 Å². The van der Waals surface area contributed by atoms with Crippen LogP contribution in [0.3, 0.4) is 0 Å². The number of aryl methyl sites for hydroxylation is 2. The summed E-state index contributed by atoms with van der Waals surface area (Å²) in [5.74, 6) is 1.67. The van der Waals surface area contributed by atoms with Crippen LogP contribution < -0.4 is 5.32 Å². The predicted octanol–water partition coefficient (Wildman–Crippen LogP) is 5.22. The molecule has 1 fully saturated rings. The van der Waals surface area contributed by atoms with Gasteiger partial charge in [0.1, 0.15) is 5.69 Å². The molecule has 0 aliphatic heterocycles. The van der Waals surface area contributed by atoms with E-state index in [-0.39, 0.29) is 11.9 Å². The molecule has 4 atom stereocenters. The highest BCUT2D eigenvalue weighted by atomic mass is 16.1. The van der Waals surface area contributed by atoms with Crippen LogP contribution in [0.5, 0.6) is 0 Å². The van der Waals surface area contributed by atoms with Gasteiger partial charge in [0, 0.05) is 16.9 Å². The summed E-state index contributed by atoms with van der Waals surface area (Å²) in [7, 11) is 0. The second kappa shape index (κ2) is 6.19. The molecule has 3 rings (SSSR count). The summed E-state index contributed by atoms with van der Waals surface area (Å²) in [5, 5.41) is 4.44. The molecule has 3 heteroatoms. The van der Waals surface area contributed by atoms with Crippen molar-refractivity contribution in [1.29, 1.82) is 0 Å². The van der Waals surface area contributed by atoms with Gasteiger partial charge in [-0.1, -0.05) is 40.7 Å². The number of fused-ring (bicyclic) bond motifs is 1. The molecule has 1 saturated carbocycles. The van der Waals surface area contributed by atoms with Crippen molar-refractivity contribution in [3.05, 3.63) is 35.0 Å². The average Bonchev–Trinajstić information content (AvgIpc) is 2.95. The van der Waals surface area contributed by atoms with Crippen LogP contribution in [0.1, 0.15) is 62.7 Å². The monoisotopic (exact) mass is 340 g/mol. The highest BCUT2D eigenvalue weighted by Gasteiger charge is 2.44. The van der Waals surface area contributed by atoms with Crippen LogP contribution in [0.4, 0.5) is 0 Å². The minimum atomic E-state index is 0.0178. The Morgan fingerprint density at radius 2 is 1.84 bits per heavy atom. The van der Waals surface area contributed by atoms with E-state index in [0.29, 0.717) is 28.9 Å². The van der Waals surface area contributed by atoms with Crippen LogP contribution in [0.15, 0.2) is 18.2 Å². The SMILES string of the molecule is Cc1cc(C)c2cc(C(=O)NC3C[C@@H](C)C(C)(C)[C@@H](C)[C@@H]3C)[nH]c2c1. The minimum Gasteiger partial charge on any atom is -0.351 e. The highest BCUT2D eigenvalue weighted by molar-refractivity contribution is 5.99. The van der Waals surface area contributed by atoms with E-state index >= 15 is 0 Å². The third kappa shape index (κ3) is 3.09. The summed E-state index contributed by atoms with van der Waals surface area (Å²) in [6.45, 7) is 15.8. The first kappa shape index (κ1) is 18.0. The molecular formula is C22H32N2O. The molecule has 0 spiro atoms. The third-order valence-electron chi connectivity index (χ3n) is 7.12. The normalized spacial score (nSPS) is 28.9. The maximum absolute atomic E-state index is 12.9. The Morgan fingerprint density at radius 3 is 2.52 bits per heavy atom. The molecule has 25 heavy (non-hydrogen) atoms. The Kier molecular flexibility index (Phi) is 4.47. The molecule has 1 aromatic heterocycles. The summed E-state index contributed by atoms with van der Waals surface area (Å²) in [5.41, 5.74) is 4.45. The molecule has 1 aromatic carbocycles. The summed E-state index contributed by atoms with van der Waals surface area (Å²) in [4.78, 5) is 16.2. The maximum Gasteiger partial charge on any atom is 0.267 e. The maximum atomic E-state index is 12.9. The standard InChI is InChI=1S/C22H32N2O/c1-12-8-13(2)17-11-20(23-19(17)9-12)21(25)24-18-10-14(3)22(6,7)16(5)15(18)4/h8-9,11,14-16,18,23H,10H2,1-7H3,(H,24,25)/t14-,15+,16+,18?/m1/s1. The van der Waals surface area contributed by atoms with Crippen molar-refractivity contribution < 1.29 is 4.79 Å². The van der Waals surface area contributed by atoms with E-state index in [2.05, 4.69) is 70.9 Å². The second-order valence-corrected chi connectivity index (χ2v) is 8.91. The van der Waals surface area contributed by atoms with Crippen molar-refractivity contribution in [1.82, 2.24) is 10.3 Å². The molecule has 3 nitrogen and oxygen atoms in total. The molecule has 2 N–H and O–H groups in total. The lowest BCUT2D eigenvalue weighted by molar-refractivity contribution is 0.0155. The van der Waals surface area contributed by atoms with Gasteiger partial charge in [-0.15, -0.1) is 0 Å². The topological polar surface area (TPSA) is 44.9 Å². The Balaban J connectivity index is 1.82. The first-order valence-electron chi connectivity index (χ1n) is 9.52. The molecule has 1 unspecified atom stereocenters. The van der Waals surface area contributed by atoms with E-state index in [9.17, 15) is 4.79 Å². The number of H-pyrrole nitrogens is 1. The van der Waals surface area contributed by atoms with E-state index in [0.717, 1.165) is 17.3 Å². The molecule has 2 aromatic rings. The average molecular weight is 341 g/mol. The molecule has 0 bridgehead atoms. The van der Waals surface area contributed by atoms with Crippen molar-refractivity contribution in [2.75, 3.05) is 0 Å². The Bertz CT molecular complexity index is 802. The van der Waals surface area contributed by atoms with Gasteiger partial charge in [0.2, 0.25) is 0 Å². The van der Waals surface area contributed by atoms with Gasteiger partial charge in [-0.2, -0.15) is 0 Å². The number of nitrogens with one attached hydrogen (secondary N) is 2. The van der Waals surface area contributed by atoms with E-state index < -0.39 is 0 Å². The van der Waals surface area contributed by atoms with Crippen LogP contribution >= 0.6 is 0 Å². The summed E-state index contributed by atoms with van der Waals surface area (Å²) < 4.78 is 0. The molecule has 1 aliphatic carbocycles. The molecule has 1 amide bonds. The fourth-order valence-corrected chi connectivity index (χ4v) is 4.53. The van der Waals surface area contributed by atoms with Crippen LogP contribution in [-0.2, 0) is 0 Å². The van der Waals surface area contributed by atoms with Crippen molar-refractivity contribution in [3.8, 4) is 0 Å². The van der Waals surface area contributed by atoms with Gasteiger partial charge in [0.15, 0.2) is 0 Å². The van der Waals surface area contributed by atoms with Crippen LogP contribution in [0.2, 0.25) is 0 Å². The van der Waals surface area contributed by atoms with Crippen LogP contribution in [-0.4, -0.2) is 16.9 Å². The smallest absolute Gasteiger partial charge is 0.267 e. The molecule has 0 radical (unpaired) electrons. The lowest BCUT2D eigenvalue weighted by atomic mass is 9.58. The van der Waals surface area contributed by atoms with Gasteiger partial charge in [-0.25, -0.2) is 0 Å². The molecule has 1 heterocycles. The van der Waals surface area contributed by atoms with E-state index in [1.807, 2.05) is 6.07 Å². The van der Waals surface area contributed by atoms with Crippen molar-refractivity contribution in [3.63, 3.8) is 0 Å². The van der Waals surface area contributed by atoms with E-state index in [4.69, 9.17) is 0 Å². The molecule has 1 aliphatic rings. The third-order valence-corrected chi connectivity index (χ3v) is 7.12. The zero-order valence-electron chi connectivity index (χ0n) is 16.7. The number of carbonyl (C=O) groups excluding carboxylic acids is 1. The van der Waals surface area contributed by atoms with Gasteiger partial charge >= 0.3 is 0 Å². The van der Waals surface area contributed by atoms with Crippen molar-refractivity contribution >= 4 is 16.8 Å². The van der Waals surface area contributed by atoms with Gasteiger partial charge in [0.05, 0.1) is 0 Å². The zero-order chi connectivity index (χ0) is 18.5. The van der Waals surface area contributed by atoms with Gasteiger partial charge < -0.3 is 10.3 Å². The predicted molar refractivity (Wildman–Crippen MR) is 105 cm³/mol. The fourth-order valence-electron chi connectivity index (χ4n) is 4.53. The summed E-state index contributed by atoms with van der Waals surface area (Å²) >= 11 is 0. The Hall–Kier alpha value is -1.77. The Labute approximate surface area is 151 Å². The number of benzene rings is 1. The van der Waals surface area contributed by atoms with Crippen molar-refractivity contribution in [2.45, 2.75) is 60.9 Å². The number of hydrogen-bond acceptors (Lipinski definition) is 1. The first-order chi connectivity index (χ1) is 11.6. The number of carbonyl (C=O) groups is 1. The zero-order valence-corrected chi connectivity index (χ0v) is 16.7. The fraction of sp³-hybridized carbons (Fsp3) is 0.591. The minimum absolute atomic E-state index is 0.0178. The molecular weight excluding hydrogens is 308 g/mol. The van der Waals surface area contributed by atoms with Crippen LogP contribution in [0, 0.1) is 37.0 Å². The lowest BCUT2D eigenvalue weighted by Gasteiger charge is -2.49. The molecule has 136 valence electrons. The summed E-state index contributed by atoms with van der Waals surface area (Å²) in [6.07, 6.45) is 1.04. The van der Waals surface area contributed by atoms with Crippen molar-refractivity contribution in [2.24, 2.45) is 23.2 Å². The number of aromatic nitrogens is 1. The van der Waals surface area contributed by atoms with Gasteiger partial charge in [-0.3, -0.25) is 4.79 Å². The van der Waals surface area contributed by atoms with Crippen LogP contribution in [0.25, 0.3) is 10.9 Å². The highest BCUT2D eigenvalue weighted by Crippen LogP contribution is 2.47. The number of aromatic amines is 1. The van der Waals surface area contributed by atoms with E-state index in [1.165, 1.54) is 11.1 Å². The van der Waals surface area contributed by atoms with E-state index in [1.54, 1.807) is 0 Å². The molecule has 0 saturated heterocycles. The van der Waals surface area contributed by atoms with Gasteiger partial charge in [0.25, 0.3) is 5.91 Å². The largest absolute Gasteiger partial charge is 0.351 e. The Morgan fingerprint density at radius 1 is 1.16 bits per heavy atom. The first-order valence-corrected chi connectivity index (χ1v) is 9.52. The lowest BCUT2D eigenvalue weighted by Crippen LogP contribution is -2.52. The quantitative estimate of drug-likeness (QED) is 0.773. The second-order valence-electron chi connectivity index (χ2n) is 8.91. The number of hydrogen-bond donors (Lipinski definition) is 2. The summed E-state index contributed by atoms with van der Waals surface area (Å²) in [6, 6.07) is 6.49. The number of rotatable bonds is 2. The number of amides is 1.